The lowest BCUT2D eigenvalue weighted by Crippen LogP contribution is -2.47. The van der Waals surface area contributed by atoms with E-state index in [4.69, 9.17) is 4.74 Å². The van der Waals surface area contributed by atoms with Crippen LogP contribution in [0, 0.1) is 5.41 Å². The van der Waals surface area contributed by atoms with E-state index in [1.807, 2.05) is 0 Å². The summed E-state index contributed by atoms with van der Waals surface area (Å²) in [6.07, 6.45) is -1.21. The number of halogens is 3. The second-order valence-corrected chi connectivity index (χ2v) is 5.34. The lowest BCUT2D eigenvalue weighted by molar-refractivity contribution is -0.130. The Morgan fingerprint density at radius 1 is 1.41 bits per heavy atom. The number of anilines is 1. The summed E-state index contributed by atoms with van der Waals surface area (Å²) in [6.45, 7) is 1.82. The van der Waals surface area contributed by atoms with Crippen molar-refractivity contribution in [3.63, 3.8) is 0 Å². The van der Waals surface area contributed by atoms with Crippen LogP contribution in [0.4, 0.5) is 14.5 Å². The summed E-state index contributed by atoms with van der Waals surface area (Å²) in [6, 6.07) is 5.79. The molecular weight excluding hydrogens is 314 g/mol. The fourth-order valence-corrected chi connectivity index (χ4v) is 2.63. The number of alkyl halides is 2. The van der Waals surface area contributed by atoms with Crippen molar-refractivity contribution in [1.29, 1.82) is 0 Å². The van der Waals surface area contributed by atoms with Gasteiger partial charge in [-0.05, 0) is 38.1 Å². The summed E-state index contributed by atoms with van der Waals surface area (Å²) in [5.74, 6) is -0.169. The summed E-state index contributed by atoms with van der Waals surface area (Å²) < 4.78 is 30.6. The molecule has 7 heteroatoms. The van der Waals surface area contributed by atoms with Crippen molar-refractivity contribution in [3.05, 3.63) is 29.8 Å². The number of rotatable bonds is 5. The second kappa shape index (κ2) is 8.41. The second-order valence-electron chi connectivity index (χ2n) is 5.34. The van der Waals surface area contributed by atoms with Gasteiger partial charge in [0, 0.05) is 18.4 Å². The maximum absolute atomic E-state index is 12.7. The molecule has 124 valence electrons. The third-order valence-corrected chi connectivity index (χ3v) is 3.86. The minimum Gasteiger partial charge on any atom is -0.384 e. The van der Waals surface area contributed by atoms with Gasteiger partial charge >= 0.3 is 0 Å². The van der Waals surface area contributed by atoms with Gasteiger partial charge in [-0.3, -0.25) is 4.79 Å². The largest absolute Gasteiger partial charge is 0.384 e. The fraction of sp³-hybridized carbons (Fsp3) is 0.533. The molecule has 1 amide bonds. The van der Waals surface area contributed by atoms with Gasteiger partial charge in [0.1, 0.15) is 0 Å². The Hall–Kier alpha value is -1.24. The van der Waals surface area contributed by atoms with Crippen molar-refractivity contribution in [1.82, 2.24) is 5.32 Å². The molecule has 0 aromatic heterocycles. The van der Waals surface area contributed by atoms with Crippen LogP contribution in [-0.4, -0.2) is 32.7 Å². The lowest BCUT2D eigenvalue weighted by Gasteiger charge is -2.35. The third-order valence-electron chi connectivity index (χ3n) is 3.86. The van der Waals surface area contributed by atoms with Crippen molar-refractivity contribution >= 4 is 24.0 Å². The molecule has 1 heterocycles. The average Bonchev–Trinajstić information content (AvgIpc) is 2.48. The molecule has 2 rings (SSSR count). The molecular formula is C15H21ClF2N2O2. The average molecular weight is 335 g/mol. The number of carbonyl (C=O) groups is 1. The van der Waals surface area contributed by atoms with E-state index in [9.17, 15) is 13.6 Å². The molecule has 0 radical (unpaired) electrons. The molecule has 0 unspecified atom stereocenters. The summed E-state index contributed by atoms with van der Waals surface area (Å²) in [5, 5.41) is 5.96. The van der Waals surface area contributed by atoms with E-state index in [1.54, 1.807) is 13.2 Å². The Labute approximate surface area is 135 Å². The molecule has 1 aliphatic heterocycles. The van der Waals surface area contributed by atoms with Gasteiger partial charge in [0.05, 0.1) is 12.0 Å². The third kappa shape index (κ3) is 4.38. The number of methoxy groups -OCH3 is 1. The van der Waals surface area contributed by atoms with Gasteiger partial charge in [-0.15, -0.1) is 12.4 Å². The van der Waals surface area contributed by atoms with Gasteiger partial charge in [-0.2, -0.15) is 0 Å². The SMILES string of the molecule is COCC1(C(=O)Nc2cccc(C(F)F)c2)CCNCC1.Cl. The van der Waals surface area contributed by atoms with Gasteiger partial charge in [0.2, 0.25) is 5.91 Å². The van der Waals surface area contributed by atoms with E-state index in [1.165, 1.54) is 18.2 Å². The topological polar surface area (TPSA) is 50.4 Å². The monoisotopic (exact) mass is 334 g/mol. The van der Waals surface area contributed by atoms with Crippen LogP contribution in [0.1, 0.15) is 24.8 Å². The summed E-state index contributed by atoms with van der Waals surface area (Å²) in [4.78, 5) is 12.6. The number of nitrogens with one attached hydrogen (secondary N) is 2. The number of piperidine rings is 1. The molecule has 2 N–H and O–H groups in total. The van der Waals surface area contributed by atoms with Crippen LogP contribution in [-0.2, 0) is 9.53 Å². The van der Waals surface area contributed by atoms with Gasteiger partial charge in [0.25, 0.3) is 6.43 Å². The normalized spacial score (nSPS) is 16.9. The van der Waals surface area contributed by atoms with Gasteiger partial charge < -0.3 is 15.4 Å². The van der Waals surface area contributed by atoms with Crippen LogP contribution in [0.25, 0.3) is 0 Å². The van der Waals surface area contributed by atoms with Crippen molar-refractivity contribution < 1.29 is 18.3 Å². The minimum absolute atomic E-state index is 0. The Balaban J connectivity index is 0.00000242. The molecule has 0 saturated carbocycles. The van der Waals surface area contributed by atoms with E-state index < -0.39 is 11.8 Å². The molecule has 1 aliphatic rings. The summed E-state index contributed by atoms with van der Waals surface area (Å²) in [7, 11) is 1.56. The number of ether oxygens (including phenoxy) is 1. The molecule has 0 bridgehead atoms. The smallest absolute Gasteiger partial charge is 0.263 e. The van der Waals surface area contributed by atoms with Crippen LogP contribution in [0.5, 0.6) is 0 Å². The van der Waals surface area contributed by atoms with E-state index in [0.29, 0.717) is 25.1 Å². The molecule has 1 saturated heterocycles. The Morgan fingerprint density at radius 3 is 2.68 bits per heavy atom. The zero-order valence-corrected chi connectivity index (χ0v) is 13.2. The van der Waals surface area contributed by atoms with Crippen molar-refractivity contribution in [3.8, 4) is 0 Å². The predicted molar refractivity (Wildman–Crippen MR) is 83.7 cm³/mol. The first-order valence-corrected chi connectivity index (χ1v) is 6.97. The maximum atomic E-state index is 12.7. The van der Waals surface area contributed by atoms with Crippen LogP contribution in [0.3, 0.4) is 0 Å². The zero-order chi connectivity index (χ0) is 15.3. The van der Waals surface area contributed by atoms with Crippen molar-refractivity contribution in [2.45, 2.75) is 19.3 Å². The highest BCUT2D eigenvalue weighted by Crippen LogP contribution is 2.31. The van der Waals surface area contributed by atoms with E-state index in [0.717, 1.165) is 13.1 Å². The molecule has 0 spiro atoms. The first-order valence-electron chi connectivity index (χ1n) is 6.97. The maximum Gasteiger partial charge on any atom is 0.263 e. The predicted octanol–water partition coefficient (Wildman–Crippen LogP) is 3.00. The number of benzene rings is 1. The van der Waals surface area contributed by atoms with Crippen LogP contribution in [0.15, 0.2) is 24.3 Å². The summed E-state index contributed by atoms with van der Waals surface area (Å²) in [5.41, 5.74) is -0.299. The van der Waals surface area contributed by atoms with E-state index in [2.05, 4.69) is 10.6 Å². The Bertz CT molecular complexity index is 489. The van der Waals surface area contributed by atoms with Gasteiger partial charge in [-0.1, -0.05) is 12.1 Å². The van der Waals surface area contributed by atoms with Crippen LogP contribution in [0.2, 0.25) is 0 Å². The number of hydrogen-bond donors (Lipinski definition) is 2. The highest BCUT2D eigenvalue weighted by atomic mass is 35.5. The molecule has 4 nitrogen and oxygen atoms in total. The molecule has 1 aromatic carbocycles. The molecule has 22 heavy (non-hydrogen) atoms. The highest BCUT2D eigenvalue weighted by Gasteiger charge is 2.39. The van der Waals surface area contributed by atoms with Gasteiger partial charge in [-0.25, -0.2) is 8.78 Å². The summed E-state index contributed by atoms with van der Waals surface area (Å²) >= 11 is 0. The van der Waals surface area contributed by atoms with E-state index in [-0.39, 0.29) is 23.9 Å². The molecule has 1 fully saturated rings. The zero-order valence-electron chi connectivity index (χ0n) is 12.4. The quantitative estimate of drug-likeness (QED) is 0.870. The standard InChI is InChI=1S/C15H20F2N2O2.ClH/c1-21-10-15(5-7-18-8-6-15)14(20)19-12-4-2-3-11(9-12)13(16)17;/h2-4,9,13,18H,5-8,10H2,1H3,(H,19,20);1H. The van der Waals surface area contributed by atoms with Crippen LogP contribution < -0.4 is 10.6 Å². The van der Waals surface area contributed by atoms with E-state index >= 15 is 0 Å². The minimum atomic E-state index is -2.55. The molecule has 0 aliphatic carbocycles. The lowest BCUT2D eigenvalue weighted by atomic mass is 9.78. The number of amides is 1. The fourth-order valence-electron chi connectivity index (χ4n) is 2.63. The number of hydrogen-bond acceptors (Lipinski definition) is 3. The number of carbonyl (C=O) groups excluding carboxylic acids is 1. The van der Waals surface area contributed by atoms with Crippen LogP contribution >= 0.6 is 12.4 Å². The first-order chi connectivity index (χ1) is 10.1. The van der Waals surface area contributed by atoms with Crippen molar-refractivity contribution in [2.75, 3.05) is 32.1 Å². The highest BCUT2D eigenvalue weighted by molar-refractivity contribution is 5.95. The van der Waals surface area contributed by atoms with Crippen molar-refractivity contribution in [2.24, 2.45) is 5.41 Å². The first kappa shape index (κ1) is 18.8. The Kier molecular flexibility index (Phi) is 7.19. The molecule has 0 atom stereocenters. The Morgan fingerprint density at radius 2 is 2.09 bits per heavy atom. The molecule has 1 aromatic rings. The van der Waals surface area contributed by atoms with Gasteiger partial charge in [0.15, 0.2) is 0 Å².